The smallest absolute Gasteiger partial charge is 0.404 e. The molecule has 1 saturated heterocycles. The molecule has 26 heavy (non-hydrogen) atoms. The van der Waals surface area contributed by atoms with Crippen molar-refractivity contribution >= 4 is 6.09 Å². The van der Waals surface area contributed by atoms with Gasteiger partial charge in [0.25, 0.3) is 0 Å². The van der Waals surface area contributed by atoms with Crippen molar-refractivity contribution in [2.45, 2.75) is 19.4 Å². The second-order valence-electron chi connectivity index (χ2n) is 6.72. The maximum Gasteiger partial charge on any atom is 0.404 e. The predicted octanol–water partition coefficient (Wildman–Crippen LogP) is 4.11. The highest BCUT2D eigenvalue weighted by atomic mass is 19.1. The van der Waals surface area contributed by atoms with Gasteiger partial charge in [-0.2, -0.15) is 0 Å². The molecule has 0 aromatic heterocycles. The first kappa shape index (κ1) is 18.3. The second-order valence-corrected chi connectivity index (χ2v) is 6.72. The van der Waals surface area contributed by atoms with Crippen molar-refractivity contribution in [3.8, 4) is 11.1 Å². The van der Waals surface area contributed by atoms with E-state index in [2.05, 4.69) is 10.2 Å². The zero-order chi connectivity index (χ0) is 18.5. The molecule has 2 aromatic carbocycles. The number of likely N-dealkylation sites (tertiary alicyclic amines) is 1. The van der Waals surface area contributed by atoms with Crippen LogP contribution in [0.5, 0.6) is 0 Å². The van der Waals surface area contributed by atoms with Crippen LogP contribution < -0.4 is 5.32 Å². The van der Waals surface area contributed by atoms with Gasteiger partial charge in [0.05, 0.1) is 0 Å². The monoisotopic (exact) mass is 360 g/mol. The fraction of sp³-hybridized carbons (Fsp3) is 0.350. The summed E-state index contributed by atoms with van der Waals surface area (Å²) in [6.45, 7) is 2.66. The van der Waals surface area contributed by atoms with Gasteiger partial charge >= 0.3 is 6.09 Å². The van der Waals surface area contributed by atoms with Crippen LogP contribution in [-0.2, 0) is 6.54 Å². The Kier molecular flexibility index (Phi) is 5.83. The molecular weight excluding hydrogens is 338 g/mol. The van der Waals surface area contributed by atoms with E-state index in [1.165, 1.54) is 18.2 Å². The number of rotatable bonds is 5. The zero-order valence-electron chi connectivity index (χ0n) is 14.4. The molecular formula is C20H22F2N2O2. The minimum atomic E-state index is -0.990. The summed E-state index contributed by atoms with van der Waals surface area (Å²) in [5.74, 6) is -0.234. The Bertz CT molecular complexity index is 757. The summed E-state index contributed by atoms with van der Waals surface area (Å²) in [4.78, 5) is 12.7. The number of nitrogens with zero attached hydrogens (tertiary/aromatic N) is 1. The molecule has 1 heterocycles. The maximum absolute atomic E-state index is 14.5. The molecule has 2 N–H and O–H groups in total. The highest BCUT2D eigenvalue weighted by Gasteiger charge is 2.20. The molecule has 1 aliphatic rings. The molecule has 0 radical (unpaired) electrons. The maximum atomic E-state index is 14.5. The van der Waals surface area contributed by atoms with E-state index in [4.69, 9.17) is 5.11 Å². The molecule has 4 nitrogen and oxygen atoms in total. The van der Waals surface area contributed by atoms with Crippen molar-refractivity contribution in [3.05, 3.63) is 59.7 Å². The van der Waals surface area contributed by atoms with Crippen molar-refractivity contribution in [1.29, 1.82) is 0 Å². The van der Waals surface area contributed by atoms with Crippen LogP contribution in [0.3, 0.4) is 0 Å². The topological polar surface area (TPSA) is 52.6 Å². The lowest BCUT2D eigenvalue weighted by atomic mass is 9.96. The first-order valence-electron chi connectivity index (χ1n) is 8.75. The lowest BCUT2D eigenvalue weighted by Crippen LogP contribution is -2.38. The van der Waals surface area contributed by atoms with E-state index in [9.17, 15) is 13.6 Å². The van der Waals surface area contributed by atoms with E-state index in [0.29, 0.717) is 24.6 Å². The number of amides is 1. The van der Waals surface area contributed by atoms with Gasteiger partial charge in [0.2, 0.25) is 0 Å². The number of piperidine rings is 1. The third-order valence-corrected chi connectivity index (χ3v) is 4.87. The fourth-order valence-corrected chi connectivity index (χ4v) is 3.32. The van der Waals surface area contributed by atoms with E-state index in [1.807, 2.05) is 6.07 Å². The van der Waals surface area contributed by atoms with Crippen molar-refractivity contribution in [2.24, 2.45) is 5.92 Å². The van der Waals surface area contributed by atoms with Gasteiger partial charge < -0.3 is 10.4 Å². The van der Waals surface area contributed by atoms with Crippen LogP contribution in [0, 0.1) is 17.6 Å². The summed E-state index contributed by atoms with van der Waals surface area (Å²) in [5.41, 5.74) is 2.14. The van der Waals surface area contributed by atoms with Crippen LogP contribution in [0.4, 0.5) is 13.6 Å². The third-order valence-electron chi connectivity index (χ3n) is 4.87. The van der Waals surface area contributed by atoms with E-state index in [0.717, 1.165) is 37.1 Å². The van der Waals surface area contributed by atoms with Gasteiger partial charge in [-0.3, -0.25) is 4.90 Å². The average molecular weight is 360 g/mol. The predicted molar refractivity (Wildman–Crippen MR) is 95.8 cm³/mol. The molecule has 0 saturated carbocycles. The Hall–Kier alpha value is -2.47. The van der Waals surface area contributed by atoms with Gasteiger partial charge in [0.15, 0.2) is 0 Å². The van der Waals surface area contributed by atoms with Crippen LogP contribution in [0.15, 0.2) is 42.5 Å². The number of hydrogen-bond donors (Lipinski definition) is 2. The normalized spacial score (nSPS) is 15.8. The summed E-state index contributed by atoms with van der Waals surface area (Å²) in [6.07, 6.45) is 0.807. The van der Waals surface area contributed by atoms with E-state index >= 15 is 0 Å². The average Bonchev–Trinajstić information content (AvgIpc) is 2.63. The highest BCUT2D eigenvalue weighted by molar-refractivity contribution is 5.64. The summed E-state index contributed by atoms with van der Waals surface area (Å²) < 4.78 is 27.5. The minimum absolute atomic E-state index is 0.263. The number of nitrogens with one attached hydrogen (secondary N) is 1. The molecule has 6 heteroatoms. The Labute approximate surface area is 151 Å². The Morgan fingerprint density at radius 2 is 1.73 bits per heavy atom. The van der Waals surface area contributed by atoms with Gasteiger partial charge in [0, 0.05) is 18.7 Å². The first-order chi connectivity index (χ1) is 12.5. The number of hydrogen-bond acceptors (Lipinski definition) is 2. The lowest BCUT2D eigenvalue weighted by molar-refractivity contribution is 0.165. The van der Waals surface area contributed by atoms with Gasteiger partial charge in [-0.25, -0.2) is 13.6 Å². The van der Waals surface area contributed by atoms with Crippen LogP contribution in [0.1, 0.15) is 18.4 Å². The molecule has 0 aliphatic carbocycles. The molecule has 0 bridgehead atoms. The summed E-state index contributed by atoms with van der Waals surface area (Å²) in [5, 5.41) is 11.1. The number of carbonyl (C=O) groups is 1. The zero-order valence-corrected chi connectivity index (χ0v) is 14.4. The quantitative estimate of drug-likeness (QED) is 0.844. The van der Waals surface area contributed by atoms with Crippen LogP contribution in [-0.4, -0.2) is 35.7 Å². The largest absolute Gasteiger partial charge is 0.465 e. The SMILES string of the molecule is O=C(O)NCC1CCN(Cc2ccc(-c3ccc(F)cc3)cc2F)CC1. The standard InChI is InChI=1S/C20H22F2N2O2/c21-18-5-3-15(4-6-18)16-1-2-17(19(22)11-16)13-24-9-7-14(8-10-24)12-23-20(25)26/h1-6,11,14,23H,7-10,12-13H2,(H,25,26). The van der Waals surface area contributed by atoms with E-state index in [-0.39, 0.29) is 11.6 Å². The molecule has 0 unspecified atom stereocenters. The molecule has 1 aliphatic heterocycles. The highest BCUT2D eigenvalue weighted by Crippen LogP contribution is 2.24. The summed E-state index contributed by atoms with van der Waals surface area (Å²) >= 11 is 0. The van der Waals surface area contributed by atoms with Crippen molar-refractivity contribution in [2.75, 3.05) is 19.6 Å². The minimum Gasteiger partial charge on any atom is -0.465 e. The van der Waals surface area contributed by atoms with Gasteiger partial charge in [-0.1, -0.05) is 24.3 Å². The molecule has 0 spiro atoms. The Morgan fingerprint density at radius 1 is 1.08 bits per heavy atom. The Morgan fingerprint density at radius 3 is 2.35 bits per heavy atom. The number of benzene rings is 2. The van der Waals surface area contributed by atoms with Crippen LogP contribution in [0.25, 0.3) is 11.1 Å². The van der Waals surface area contributed by atoms with Crippen molar-refractivity contribution in [1.82, 2.24) is 10.2 Å². The molecule has 3 rings (SSSR count). The van der Waals surface area contributed by atoms with E-state index < -0.39 is 6.09 Å². The molecule has 2 aromatic rings. The summed E-state index contributed by atoms with van der Waals surface area (Å²) in [6, 6.07) is 11.1. The van der Waals surface area contributed by atoms with Gasteiger partial charge in [-0.05, 0) is 61.2 Å². The fourth-order valence-electron chi connectivity index (χ4n) is 3.32. The Balaban J connectivity index is 1.57. The van der Waals surface area contributed by atoms with Crippen molar-refractivity contribution in [3.63, 3.8) is 0 Å². The molecule has 138 valence electrons. The number of halogens is 2. The van der Waals surface area contributed by atoms with E-state index in [1.54, 1.807) is 18.2 Å². The molecule has 0 atom stereocenters. The molecule has 1 fully saturated rings. The third kappa shape index (κ3) is 4.79. The van der Waals surface area contributed by atoms with Crippen molar-refractivity contribution < 1.29 is 18.7 Å². The van der Waals surface area contributed by atoms with Crippen LogP contribution >= 0.6 is 0 Å². The summed E-state index contributed by atoms with van der Waals surface area (Å²) in [7, 11) is 0. The van der Waals surface area contributed by atoms with Gasteiger partial charge in [-0.15, -0.1) is 0 Å². The second kappa shape index (κ2) is 8.27. The molecule has 1 amide bonds. The van der Waals surface area contributed by atoms with Crippen LogP contribution in [0.2, 0.25) is 0 Å². The number of carboxylic acid groups (broad SMARTS) is 1. The lowest BCUT2D eigenvalue weighted by Gasteiger charge is -2.32. The van der Waals surface area contributed by atoms with Gasteiger partial charge in [0.1, 0.15) is 11.6 Å². The first-order valence-corrected chi connectivity index (χ1v) is 8.75.